The molecule has 0 aliphatic heterocycles. The van der Waals surface area contributed by atoms with Crippen LogP contribution < -0.4 is 9.62 Å². The number of anilines is 1. The molecule has 0 saturated carbocycles. The van der Waals surface area contributed by atoms with Gasteiger partial charge >= 0.3 is 0 Å². The SMILES string of the molecule is CCNC(=O)C(Cc1ccccc1)N(Cc1ccccc1)C(=O)CN(c1ccccc1C)S(=O)(=O)c1ccc(Cl)cc1. The smallest absolute Gasteiger partial charge is 0.264 e. The van der Waals surface area contributed by atoms with Gasteiger partial charge in [-0.05, 0) is 60.9 Å². The third-order valence-electron chi connectivity index (χ3n) is 6.88. The molecule has 4 rings (SSSR count). The monoisotopic (exact) mass is 603 g/mol. The Bertz CT molecular complexity index is 1600. The summed E-state index contributed by atoms with van der Waals surface area (Å²) in [5.41, 5.74) is 2.75. The maximum atomic E-state index is 14.3. The summed E-state index contributed by atoms with van der Waals surface area (Å²) in [5.74, 6) is -0.819. The molecule has 7 nitrogen and oxygen atoms in total. The summed E-state index contributed by atoms with van der Waals surface area (Å²) in [6.07, 6.45) is 0.263. The first-order valence-corrected chi connectivity index (χ1v) is 15.5. The summed E-state index contributed by atoms with van der Waals surface area (Å²) in [7, 11) is -4.18. The second kappa shape index (κ2) is 14.2. The van der Waals surface area contributed by atoms with Crippen LogP contribution in [0.3, 0.4) is 0 Å². The van der Waals surface area contributed by atoms with Crippen molar-refractivity contribution in [2.45, 2.75) is 37.8 Å². The van der Waals surface area contributed by atoms with E-state index >= 15 is 0 Å². The number of halogens is 1. The molecule has 0 aliphatic carbocycles. The fraction of sp³-hybridized carbons (Fsp3) is 0.212. The zero-order valence-corrected chi connectivity index (χ0v) is 25.2. The van der Waals surface area contributed by atoms with Gasteiger partial charge in [0.1, 0.15) is 12.6 Å². The van der Waals surface area contributed by atoms with E-state index in [2.05, 4.69) is 5.32 Å². The second-order valence-corrected chi connectivity index (χ2v) is 12.2. The molecule has 1 atom stereocenters. The molecule has 2 amide bonds. The van der Waals surface area contributed by atoms with E-state index in [0.717, 1.165) is 15.4 Å². The molecule has 1 N–H and O–H groups in total. The molecule has 0 fully saturated rings. The first kappa shape index (κ1) is 30.8. The number of carbonyl (C=O) groups is 2. The van der Waals surface area contributed by atoms with Crippen LogP contribution >= 0.6 is 11.6 Å². The minimum Gasteiger partial charge on any atom is -0.355 e. The number of rotatable bonds is 12. The second-order valence-electron chi connectivity index (χ2n) is 9.86. The molecule has 42 heavy (non-hydrogen) atoms. The largest absolute Gasteiger partial charge is 0.355 e. The van der Waals surface area contributed by atoms with Crippen LogP contribution in [0.1, 0.15) is 23.6 Å². The number of benzene rings is 4. The van der Waals surface area contributed by atoms with E-state index in [1.165, 1.54) is 29.2 Å². The van der Waals surface area contributed by atoms with E-state index in [0.29, 0.717) is 22.8 Å². The molecular formula is C33H34ClN3O4S. The Kier molecular flexibility index (Phi) is 10.4. The number of para-hydroxylation sites is 1. The Morgan fingerprint density at radius 1 is 0.810 bits per heavy atom. The van der Waals surface area contributed by atoms with Crippen LogP contribution in [-0.4, -0.2) is 44.3 Å². The normalized spacial score (nSPS) is 11.9. The van der Waals surface area contributed by atoms with E-state index in [1.807, 2.05) is 67.6 Å². The molecule has 9 heteroatoms. The highest BCUT2D eigenvalue weighted by Gasteiger charge is 2.34. The fourth-order valence-electron chi connectivity index (χ4n) is 4.72. The zero-order valence-electron chi connectivity index (χ0n) is 23.6. The van der Waals surface area contributed by atoms with Crippen molar-refractivity contribution in [1.29, 1.82) is 0 Å². The third-order valence-corrected chi connectivity index (χ3v) is 8.91. The summed E-state index contributed by atoms with van der Waals surface area (Å²) < 4.78 is 29.2. The summed E-state index contributed by atoms with van der Waals surface area (Å²) in [5, 5.41) is 3.26. The van der Waals surface area contributed by atoms with Crippen LogP contribution in [0.4, 0.5) is 5.69 Å². The number of nitrogens with zero attached hydrogens (tertiary/aromatic N) is 2. The topological polar surface area (TPSA) is 86.8 Å². The van der Waals surface area contributed by atoms with Gasteiger partial charge in [-0.1, -0.05) is 90.5 Å². The Labute approximate surface area is 252 Å². The van der Waals surface area contributed by atoms with E-state index in [4.69, 9.17) is 11.6 Å². The number of likely N-dealkylation sites (N-methyl/N-ethyl adjacent to an activating group) is 1. The standard InChI is InChI=1S/C33H34ClN3O4S/c1-3-35-33(39)31(22-26-13-6-4-7-14-26)36(23-27-15-8-5-9-16-27)32(38)24-37(30-17-11-10-12-25(30)2)42(40,41)29-20-18-28(34)19-21-29/h4-21,31H,3,22-24H2,1-2H3,(H,35,39). The van der Waals surface area contributed by atoms with Gasteiger partial charge in [0.2, 0.25) is 11.8 Å². The number of sulfonamides is 1. The first-order chi connectivity index (χ1) is 20.2. The molecule has 0 saturated heterocycles. The van der Waals surface area contributed by atoms with E-state index in [9.17, 15) is 18.0 Å². The van der Waals surface area contributed by atoms with Gasteiger partial charge in [0.05, 0.1) is 10.6 Å². The predicted octanol–water partition coefficient (Wildman–Crippen LogP) is 5.62. The molecule has 4 aromatic rings. The third kappa shape index (κ3) is 7.57. The van der Waals surface area contributed by atoms with E-state index < -0.39 is 28.5 Å². The molecular weight excluding hydrogens is 570 g/mol. The lowest BCUT2D eigenvalue weighted by molar-refractivity contribution is -0.140. The molecule has 0 bridgehead atoms. The van der Waals surface area contributed by atoms with Gasteiger partial charge in [-0.15, -0.1) is 0 Å². The van der Waals surface area contributed by atoms with Crippen molar-refractivity contribution in [3.8, 4) is 0 Å². The Balaban J connectivity index is 1.79. The van der Waals surface area contributed by atoms with Crippen molar-refractivity contribution < 1.29 is 18.0 Å². The number of amides is 2. The molecule has 1 unspecified atom stereocenters. The van der Waals surface area contributed by atoms with Gasteiger partial charge in [-0.2, -0.15) is 0 Å². The number of carbonyl (C=O) groups excluding carboxylic acids is 2. The molecule has 0 radical (unpaired) electrons. The lowest BCUT2D eigenvalue weighted by Gasteiger charge is -2.34. The van der Waals surface area contributed by atoms with Crippen molar-refractivity contribution in [3.05, 3.63) is 131 Å². The van der Waals surface area contributed by atoms with Crippen LogP contribution in [-0.2, 0) is 32.6 Å². The Hall–Kier alpha value is -4.14. The molecule has 218 valence electrons. The molecule has 0 aromatic heterocycles. The van der Waals surface area contributed by atoms with Gasteiger partial charge < -0.3 is 10.2 Å². The maximum Gasteiger partial charge on any atom is 0.264 e. The number of aryl methyl sites for hydroxylation is 1. The number of hydrogen-bond donors (Lipinski definition) is 1. The van der Waals surface area contributed by atoms with Gasteiger partial charge in [0.25, 0.3) is 10.0 Å². The van der Waals surface area contributed by atoms with Crippen LogP contribution in [0.2, 0.25) is 5.02 Å². The first-order valence-electron chi connectivity index (χ1n) is 13.7. The van der Waals surface area contributed by atoms with Gasteiger partial charge in [-0.25, -0.2) is 8.42 Å². The van der Waals surface area contributed by atoms with E-state index in [-0.39, 0.29) is 23.8 Å². The zero-order chi connectivity index (χ0) is 30.1. The fourth-order valence-corrected chi connectivity index (χ4v) is 6.32. The van der Waals surface area contributed by atoms with Crippen LogP contribution in [0, 0.1) is 6.92 Å². The van der Waals surface area contributed by atoms with Crippen molar-refractivity contribution in [2.24, 2.45) is 0 Å². The summed E-state index contributed by atoms with van der Waals surface area (Å²) >= 11 is 6.04. The summed E-state index contributed by atoms with van der Waals surface area (Å²) in [6, 6.07) is 30.8. The van der Waals surface area contributed by atoms with Crippen LogP contribution in [0.25, 0.3) is 0 Å². The van der Waals surface area contributed by atoms with Crippen LogP contribution in [0.15, 0.2) is 114 Å². The van der Waals surface area contributed by atoms with E-state index in [1.54, 1.807) is 31.2 Å². The average molecular weight is 604 g/mol. The highest BCUT2D eigenvalue weighted by Crippen LogP contribution is 2.28. The minimum atomic E-state index is -4.18. The maximum absolute atomic E-state index is 14.3. The Morgan fingerprint density at radius 2 is 1.38 bits per heavy atom. The highest BCUT2D eigenvalue weighted by atomic mass is 35.5. The average Bonchev–Trinajstić information content (AvgIpc) is 2.99. The quantitative estimate of drug-likeness (QED) is 0.228. The molecule has 0 spiro atoms. The Morgan fingerprint density at radius 3 is 1.98 bits per heavy atom. The lowest BCUT2D eigenvalue weighted by atomic mass is 10.0. The number of hydrogen-bond acceptors (Lipinski definition) is 4. The number of nitrogens with one attached hydrogen (secondary N) is 1. The predicted molar refractivity (Wildman–Crippen MR) is 167 cm³/mol. The molecule has 0 aliphatic rings. The molecule has 4 aromatic carbocycles. The van der Waals surface area contributed by atoms with Gasteiger partial charge in [0.15, 0.2) is 0 Å². The van der Waals surface area contributed by atoms with Crippen molar-refractivity contribution in [2.75, 3.05) is 17.4 Å². The van der Waals surface area contributed by atoms with Gasteiger partial charge in [-0.3, -0.25) is 13.9 Å². The van der Waals surface area contributed by atoms with Crippen LogP contribution in [0.5, 0.6) is 0 Å². The van der Waals surface area contributed by atoms with Crippen molar-refractivity contribution in [3.63, 3.8) is 0 Å². The summed E-state index contributed by atoms with van der Waals surface area (Å²) in [4.78, 5) is 29.3. The van der Waals surface area contributed by atoms with Crippen molar-refractivity contribution >= 4 is 39.1 Å². The minimum absolute atomic E-state index is 0.00197. The van der Waals surface area contributed by atoms with Crippen molar-refractivity contribution in [1.82, 2.24) is 10.2 Å². The lowest BCUT2D eigenvalue weighted by Crippen LogP contribution is -2.53. The summed E-state index contributed by atoms with van der Waals surface area (Å²) in [6.45, 7) is 3.61. The van der Waals surface area contributed by atoms with Gasteiger partial charge in [0, 0.05) is 24.5 Å². The highest BCUT2D eigenvalue weighted by molar-refractivity contribution is 7.92. The molecule has 0 heterocycles.